The Kier molecular flexibility index (Phi) is 2.02. The summed E-state index contributed by atoms with van der Waals surface area (Å²) in [5.74, 6) is -0.539. The lowest BCUT2D eigenvalue weighted by molar-refractivity contribution is 0.762. The van der Waals surface area contributed by atoms with Gasteiger partial charge in [0.05, 0.1) is 5.02 Å². The van der Waals surface area contributed by atoms with E-state index in [0.717, 1.165) is 0 Å². The molecule has 3 heteroatoms. The van der Waals surface area contributed by atoms with Crippen molar-refractivity contribution in [2.75, 3.05) is 0 Å². The van der Waals surface area contributed by atoms with Gasteiger partial charge in [-0.05, 0) is 6.07 Å². The molecule has 51 valence electrons. The van der Waals surface area contributed by atoms with Crippen LogP contribution < -0.4 is 0 Å². The second-order valence-corrected chi connectivity index (χ2v) is 2.13. The molecule has 0 saturated heterocycles. The number of hydrogen-bond acceptors (Lipinski definition) is 1. The van der Waals surface area contributed by atoms with Crippen LogP contribution in [-0.4, -0.2) is 4.98 Å². The van der Waals surface area contributed by atoms with Crippen LogP contribution in [0.2, 0.25) is 5.02 Å². The highest BCUT2D eigenvalue weighted by molar-refractivity contribution is 6.30. The molecule has 1 heterocycles. The van der Waals surface area contributed by atoms with E-state index < -0.39 is 5.83 Å². The molecule has 0 saturated carbocycles. The minimum atomic E-state index is -0.539. The average molecular weight is 157 g/mol. The summed E-state index contributed by atoms with van der Waals surface area (Å²) in [5.41, 5.74) is 0.295. The normalized spacial score (nSPS) is 9.40. The van der Waals surface area contributed by atoms with Crippen molar-refractivity contribution in [3.63, 3.8) is 0 Å². The lowest BCUT2D eigenvalue weighted by Gasteiger charge is -1.93. The van der Waals surface area contributed by atoms with Crippen LogP contribution in [-0.2, 0) is 0 Å². The molecule has 10 heavy (non-hydrogen) atoms. The third-order valence-corrected chi connectivity index (χ3v) is 1.16. The summed E-state index contributed by atoms with van der Waals surface area (Å²) in [5, 5.41) is 0.288. The van der Waals surface area contributed by atoms with Crippen LogP contribution in [0, 0.1) is 6.20 Å². The molecule has 0 unspecified atom stereocenters. The molecule has 1 rings (SSSR count). The van der Waals surface area contributed by atoms with Gasteiger partial charge < -0.3 is 0 Å². The Labute approximate surface area is 63.2 Å². The first-order valence-corrected chi connectivity index (χ1v) is 2.96. The van der Waals surface area contributed by atoms with Gasteiger partial charge in [0.15, 0.2) is 0 Å². The van der Waals surface area contributed by atoms with Gasteiger partial charge in [-0.3, -0.25) is 4.98 Å². The van der Waals surface area contributed by atoms with Gasteiger partial charge in [0.1, 0.15) is 12.0 Å². The van der Waals surface area contributed by atoms with E-state index in [4.69, 9.17) is 11.6 Å². The van der Waals surface area contributed by atoms with E-state index in [0.29, 0.717) is 5.56 Å². The minimum absolute atomic E-state index is 0.288. The molecule has 1 aromatic rings. The summed E-state index contributed by atoms with van der Waals surface area (Å²) >= 11 is 5.46. The lowest BCUT2D eigenvalue weighted by Crippen LogP contribution is -1.78. The maximum atomic E-state index is 12.3. The quantitative estimate of drug-likeness (QED) is 0.609. The molecule has 1 radical (unpaired) electrons. The van der Waals surface area contributed by atoms with Crippen molar-refractivity contribution in [1.82, 2.24) is 4.98 Å². The summed E-state index contributed by atoms with van der Waals surface area (Å²) in [6.07, 6.45) is 3.75. The van der Waals surface area contributed by atoms with Crippen LogP contribution in [0.15, 0.2) is 18.8 Å². The minimum Gasteiger partial charge on any atom is -0.252 e. The summed E-state index contributed by atoms with van der Waals surface area (Å²) in [6.45, 7) is 3.09. The largest absolute Gasteiger partial charge is 0.252 e. The second kappa shape index (κ2) is 2.80. The van der Waals surface area contributed by atoms with Gasteiger partial charge in [-0.1, -0.05) is 18.2 Å². The number of rotatable bonds is 1. The van der Waals surface area contributed by atoms with E-state index >= 15 is 0 Å². The molecule has 0 fully saturated rings. The maximum absolute atomic E-state index is 12.3. The van der Waals surface area contributed by atoms with Crippen molar-refractivity contribution in [3.8, 4) is 0 Å². The van der Waals surface area contributed by atoms with Gasteiger partial charge in [0, 0.05) is 11.8 Å². The predicted molar refractivity (Wildman–Crippen MR) is 38.2 cm³/mol. The third kappa shape index (κ3) is 1.54. The van der Waals surface area contributed by atoms with Crippen molar-refractivity contribution >= 4 is 17.4 Å². The van der Waals surface area contributed by atoms with E-state index in [2.05, 4.69) is 17.8 Å². The highest BCUT2D eigenvalue weighted by Gasteiger charge is 1.97. The van der Waals surface area contributed by atoms with Crippen molar-refractivity contribution in [3.05, 3.63) is 35.6 Å². The van der Waals surface area contributed by atoms with Crippen LogP contribution in [0.5, 0.6) is 0 Å². The fraction of sp³-hybridized carbons (Fsp3) is 0. The first-order valence-electron chi connectivity index (χ1n) is 2.58. The zero-order valence-electron chi connectivity index (χ0n) is 5.06. The van der Waals surface area contributed by atoms with E-state index in [1.165, 1.54) is 12.3 Å². The fourth-order valence-electron chi connectivity index (χ4n) is 0.518. The van der Waals surface area contributed by atoms with Gasteiger partial charge in [-0.25, -0.2) is 4.39 Å². The van der Waals surface area contributed by atoms with Crippen molar-refractivity contribution < 1.29 is 4.39 Å². The summed E-state index contributed by atoms with van der Waals surface area (Å²) in [4.78, 5) is 3.55. The molecule has 1 aromatic heterocycles. The number of halogens is 2. The van der Waals surface area contributed by atoms with Crippen LogP contribution in [0.3, 0.4) is 0 Å². The van der Waals surface area contributed by atoms with Crippen LogP contribution in [0.1, 0.15) is 5.56 Å². The summed E-state index contributed by atoms with van der Waals surface area (Å²) in [6, 6.07) is 1.41. The van der Waals surface area contributed by atoms with E-state index in [9.17, 15) is 4.39 Å². The molecule has 0 aliphatic heterocycles. The standard InChI is InChI=1S/C7H4ClFN/c1-5(9)6-2-7(8)4-10-3-6/h2-3H,1H2. The molecule has 0 spiro atoms. The molecule has 0 bridgehead atoms. The molecule has 0 atom stereocenters. The van der Waals surface area contributed by atoms with Gasteiger partial charge in [-0.15, -0.1) is 0 Å². The zero-order chi connectivity index (χ0) is 7.56. The number of aromatic nitrogens is 1. The molecule has 0 aliphatic carbocycles. The predicted octanol–water partition coefficient (Wildman–Crippen LogP) is 2.48. The Morgan fingerprint density at radius 1 is 1.80 bits per heavy atom. The number of nitrogens with zero attached hydrogens (tertiary/aromatic N) is 1. The highest BCUT2D eigenvalue weighted by Crippen LogP contribution is 2.15. The molecule has 0 aromatic carbocycles. The molecule has 0 aliphatic rings. The first kappa shape index (κ1) is 7.22. The van der Waals surface area contributed by atoms with E-state index in [-0.39, 0.29) is 5.02 Å². The molecule has 0 amide bonds. The van der Waals surface area contributed by atoms with Crippen molar-refractivity contribution in [1.29, 1.82) is 0 Å². The van der Waals surface area contributed by atoms with Gasteiger partial charge in [0.2, 0.25) is 0 Å². The Morgan fingerprint density at radius 2 is 2.50 bits per heavy atom. The van der Waals surface area contributed by atoms with Crippen LogP contribution >= 0.6 is 11.6 Å². The Balaban J connectivity index is 3.07. The highest BCUT2D eigenvalue weighted by atomic mass is 35.5. The smallest absolute Gasteiger partial charge is 0.124 e. The molecular weight excluding hydrogens is 153 g/mol. The Hall–Kier alpha value is -0.890. The molecule has 0 N–H and O–H groups in total. The van der Waals surface area contributed by atoms with Gasteiger partial charge in [-0.2, -0.15) is 0 Å². The Morgan fingerprint density at radius 3 is 2.90 bits per heavy atom. The average Bonchev–Trinajstić information content (AvgIpc) is 1.88. The SMILES string of the molecule is C=C(F)c1cn[c]c(Cl)c1. The second-order valence-electron chi connectivity index (χ2n) is 1.72. The van der Waals surface area contributed by atoms with Crippen molar-refractivity contribution in [2.45, 2.75) is 0 Å². The number of pyridine rings is 1. The third-order valence-electron chi connectivity index (χ3n) is 0.970. The topological polar surface area (TPSA) is 12.9 Å². The number of hydrogen-bond donors (Lipinski definition) is 0. The molecule has 1 nitrogen and oxygen atoms in total. The van der Waals surface area contributed by atoms with Gasteiger partial charge >= 0.3 is 0 Å². The Bertz CT molecular complexity index is 260. The summed E-state index contributed by atoms with van der Waals surface area (Å²) < 4.78 is 12.3. The van der Waals surface area contributed by atoms with E-state index in [1.807, 2.05) is 0 Å². The monoisotopic (exact) mass is 156 g/mol. The summed E-state index contributed by atoms with van der Waals surface area (Å²) in [7, 11) is 0. The maximum Gasteiger partial charge on any atom is 0.124 e. The zero-order valence-corrected chi connectivity index (χ0v) is 5.82. The lowest BCUT2D eigenvalue weighted by atomic mass is 10.3. The van der Waals surface area contributed by atoms with Crippen LogP contribution in [0.4, 0.5) is 4.39 Å². The van der Waals surface area contributed by atoms with Crippen molar-refractivity contribution in [2.24, 2.45) is 0 Å². The molecular formula is C7H4ClFN. The van der Waals surface area contributed by atoms with E-state index in [1.54, 1.807) is 0 Å². The van der Waals surface area contributed by atoms with Gasteiger partial charge in [0.25, 0.3) is 0 Å². The fourth-order valence-corrected chi connectivity index (χ4v) is 0.684. The van der Waals surface area contributed by atoms with Crippen LogP contribution in [0.25, 0.3) is 5.83 Å². The first-order chi connectivity index (χ1) is 4.70.